The number of benzene rings is 3. The average Bonchev–Trinajstić information content (AvgIpc) is 3.19. The lowest BCUT2D eigenvalue weighted by Gasteiger charge is -2.14. The van der Waals surface area contributed by atoms with Crippen molar-refractivity contribution in [2.75, 3.05) is 5.32 Å². The number of hydrogen-bond acceptors (Lipinski definition) is 4. The number of nitriles is 1. The Balaban J connectivity index is 1.68. The van der Waals surface area contributed by atoms with Crippen LogP contribution < -0.4 is 10.1 Å². The van der Waals surface area contributed by atoms with E-state index in [0.717, 1.165) is 11.1 Å². The third-order valence-corrected chi connectivity index (χ3v) is 5.10. The summed E-state index contributed by atoms with van der Waals surface area (Å²) in [7, 11) is 0. The highest BCUT2D eigenvalue weighted by molar-refractivity contribution is 6.30. The first-order chi connectivity index (χ1) is 15.6. The van der Waals surface area contributed by atoms with Gasteiger partial charge in [0.25, 0.3) is 5.91 Å². The molecule has 0 aliphatic heterocycles. The fraction of sp³-hybridized carbons (Fsp3) is 0.0769. The maximum atomic E-state index is 12.8. The molecule has 3 aromatic carbocycles. The summed E-state index contributed by atoms with van der Waals surface area (Å²) < 4.78 is 11.7. The maximum Gasteiger partial charge on any atom is 0.267 e. The van der Waals surface area contributed by atoms with Crippen LogP contribution in [-0.2, 0) is 4.79 Å². The number of anilines is 1. The molecule has 4 rings (SSSR count). The molecule has 0 spiro atoms. The monoisotopic (exact) mass is 442 g/mol. The first-order valence-electron chi connectivity index (χ1n) is 9.97. The molecule has 1 N–H and O–H groups in total. The number of ether oxygens (including phenoxy) is 1. The summed E-state index contributed by atoms with van der Waals surface area (Å²) in [5, 5.41) is 13.2. The second-order valence-corrected chi connectivity index (χ2v) is 7.49. The van der Waals surface area contributed by atoms with E-state index >= 15 is 0 Å². The van der Waals surface area contributed by atoms with E-state index in [-0.39, 0.29) is 11.4 Å². The number of nitrogens with zero attached hydrogens (tertiary/aromatic N) is 1. The fourth-order valence-corrected chi connectivity index (χ4v) is 3.41. The number of halogens is 1. The number of carbonyl (C=O) groups excluding carboxylic acids is 1. The van der Waals surface area contributed by atoms with Crippen LogP contribution in [0, 0.1) is 11.3 Å². The van der Waals surface area contributed by atoms with E-state index in [4.69, 9.17) is 20.8 Å². The minimum Gasteiger partial charge on any atom is -0.481 e. The van der Waals surface area contributed by atoms with E-state index in [0.29, 0.717) is 22.1 Å². The van der Waals surface area contributed by atoms with Gasteiger partial charge in [-0.1, -0.05) is 72.3 Å². The highest BCUT2D eigenvalue weighted by Crippen LogP contribution is 2.41. The summed E-state index contributed by atoms with van der Waals surface area (Å²) >= 11 is 5.89. The summed E-state index contributed by atoms with van der Waals surface area (Å²) in [5.74, 6) is 0.660. The van der Waals surface area contributed by atoms with Crippen LogP contribution in [0.5, 0.6) is 5.75 Å². The third-order valence-electron chi connectivity index (χ3n) is 4.85. The van der Waals surface area contributed by atoms with E-state index in [2.05, 4.69) is 11.4 Å². The summed E-state index contributed by atoms with van der Waals surface area (Å²) in [6.07, 6.45) is -0.826. The standard InChI is InChI=1S/C26H19ClN2O3/c1-17(31-21-14-12-20(27)13-15-21)25(30)29-26-22(16-28)23(18-8-4-2-5-9-18)24(32-26)19-10-6-3-7-11-19/h2-15,17H,1H3,(H,29,30). The number of carbonyl (C=O) groups is 1. The van der Waals surface area contributed by atoms with Crippen LogP contribution in [0.2, 0.25) is 5.02 Å². The second kappa shape index (κ2) is 9.42. The molecule has 32 heavy (non-hydrogen) atoms. The Morgan fingerprint density at radius 2 is 1.56 bits per heavy atom. The van der Waals surface area contributed by atoms with Crippen molar-refractivity contribution in [1.29, 1.82) is 5.26 Å². The van der Waals surface area contributed by atoms with Gasteiger partial charge in [-0.05, 0) is 36.8 Å². The second-order valence-electron chi connectivity index (χ2n) is 7.06. The predicted molar refractivity (Wildman–Crippen MR) is 124 cm³/mol. The van der Waals surface area contributed by atoms with Gasteiger partial charge in [0.1, 0.15) is 23.1 Å². The Bertz CT molecular complexity index is 1260. The van der Waals surface area contributed by atoms with Crippen LogP contribution >= 0.6 is 11.6 Å². The molecule has 0 aliphatic rings. The van der Waals surface area contributed by atoms with Gasteiger partial charge in [0.2, 0.25) is 5.88 Å². The molecule has 1 aromatic heterocycles. The third kappa shape index (κ3) is 4.51. The van der Waals surface area contributed by atoms with Crippen LogP contribution in [0.1, 0.15) is 12.5 Å². The Morgan fingerprint density at radius 3 is 2.16 bits per heavy atom. The minimum atomic E-state index is -0.826. The lowest BCUT2D eigenvalue weighted by atomic mass is 9.98. The van der Waals surface area contributed by atoms with Crippen LogP contribution in [0.3, 0.4) is 0 Å². The predicted octanol–water partition coefficient (Wildman–Crippen LogP) is 6.54. The normalized spacial score (nSPS) is 11.4. The Labute approximate surface area is 190 Å². The molecule has 4 aromatic rings. The Morgan fingerprint density at radius 1 is 0.969 bits per heavy atom. The van der Waals surface area contributed by atoms with Gasteiger partial charge in [0.15, 0.2) is 6.10 Å². The zero-order valence-electron chi connectivity index (χ0n) is 17.2. The number of nitrogens with one attached hydrogen (secondary N) is 1. The number of amides is 1. The largest absolute Gasteiger partial charge is 0.481 e. The SMILES string of the molecule is CC(Oc1ccc(Cl)cc1)C(=O)Nc1oc(-c2ccccc2)c(-c2ccccc2)c1C#N. The van der Waals surface area contributed by atoms with E-state index in [9.17, 15) is 10.1 Å². The molecule has 0 saturated carbocycles. The molecule has 158 valence electrons. The first-order valence-corrected chi connectivity index (χ1v) is 10.4. The van der Waals surface area contributed by atoms with Crippen molar-refractivity contribution < 1.29 is 13.9 Å². The summed E-state index contributed by atoms with van der Waals surface area (Å²) in [6, 6.07) is 27.8. The Hall–Kier alpha value is -4.01. The molecule has 6 heteroatoms. The molecule has 0 radical (unpaired) electrons. The van der Waals surface area contributed by atoms with E-state index < -0.39 is 12.0 Å². The molecule has 5 nitrogen and oxygen atoms in total. The zero-order valence-corrected chi connectivity index (χ0v) is 18.0. The fourth-order valence-electron chi connectivity index (χ4n) is 3.28. The van der Waals surface area contributed by atoms with Crippen LogP contribution in [0.25, 0.3) is 22.5 Å². The van der Waals surface area contributed by atoms with E-state index in [1.165, 1.54) is 0 Å². The lowest BCUT2D eigenvalue weighted by Crippen LogP contribution is -2.30. The quantitative estimate of drug-likeness (QED) is 0.367. The van der Waals surface area contributed by atoms with Gasteiger partial charge in [-0.2, -0.15) is 5.26 Å². The van der Waals surface area contributed by atoms with Crippen molar-refractivity contribution in [2.45, 2.75) is 13.0 Å². The van der Waals surface area contributed by atoms with Crippen LogP contribution in [0.15, 0.2) is 89.3 Å². The minimum absolute atomic E-state index is 0.0850. The molecular weight excluding hydrogens is 424 g/mol. The highest BCUT2D eigenvalue weighted by atomic mass is 35.5. The van der Waals surface area contributed by atoms with Gasteiger partial charge in [0, 0.05) is 16.1 Å². The summed E-state index contributed by atoms with van der Waals surface area (Å²) in [6.45, 7) is 1.62. The van der Waals surface area contributed by atoms with E-state index in [1.807, 2.05) is 60.7 Å². The Kier molecular flexibility index (Phi) is 6.25. The van der Waals surface area contributed by atoms with Gasteiger partial charge in [-0.15, -0.1) is 0 Å². The van der Waals surface area contributed by atoms with Crippen molar-refractivity contribution in [2.24, 2.45) is 0 Å². The zero-order chi connectivity index (χ0) is 22.5. The van der Waals surface area contributed by atoms with Crippen molar-refractivity contribution in [3.63, 3.8) is 0 Å². The number of furan rings is 1. The maximum absolute atomic E-state index is 12.8. The molecule has 0 saturated heterocycles. The van der Waals surface area contributed by atoms with Gasteiger partial charge in [-0.25, -0.2) is 0 Å². The number of hydrogen-bond donors (Lipinski definition) is 1. The van der Waals surface area contributed by atoms with Crippen LogP contribution in [-0.4, -0.2) is 12.0 Å². The highest BCUT2D eigenvalue weighted by Gasteiger charge is 2.26. The molecule has 1 heterocycles. The van der Waals surface area contributed by atoms with Gasteiger partial charge < -0.3 is 9.15 Å². The molecule has 1 amide bonds. The van der Waals surface area contributed by atoms with Crippen molar-refractivity contribution >= 4 is 23.4 Å². The molecule has 0 fully saturated rings. The first kappa shape index (κ1) is 21.2. The molecule has 0 aliphatic carbocycles. The van der Waals surface area contributed by atoms with Crippen LogP contribution in [0.4, 0.5) is 5.88 Å². The van der Waals surface area contributed by atoms with Gasteiger partial charge >= 0.3 is 0 Å². The molecule has 1 atom stereocenters. The summed E-state index contributed by atoms with van der Waals surface area (Å²) in [4.78, 5) is 12.8. The lowest BCUT2D eigenvalue weighted by molar-refractivity contribution is -0.122. The molecular formula is C26H19ClN2O3. The average molecular weight is 443 g/mol. The van der Waals surface area contributed by atoms with Crippen molar-refractivity contribution in [1.82, 2.24) is 0 Å². The number of rotatable bonds is 6. The van der Waals surface area contributed by atoms with Gasteiger partial charge in [0.05, 0.1) is 0 Å². The van der Waals surface area contributed by atoms with Crippen molar-refractivity contribution in [3.05, 3.63) is 95.5 Å². The molecule has 0 bridgehead atoms. The summed E-state index contributed by atoms with van der Waals surface area (Å²) in [5.41, 5.74) is 2.49. The van der Waals surface area contributed by atoms with Gasteiger partial charge in [-0.3, -0.25) is 10.1 Å². The van der Waals surface area contributed by atoms with Crippen molar-refractivity contribution in [3.8, 4) is 34.3 Å². The van der Waals surface area contributed by atoms with E-state index in [1.54, 1.807) is 31.2 Å². The molecule has 1 unspecified atom stereocenters. The smallest absolute Gasteiger partial charge is 0.267 e. The topological polar surface area (TPSA) is 75.3 Å².